The van der Waals surface area contributed by atoms with Crippen LogP contribution in [-0.4, -0.2) is 52.1 Å². The number of phenols is 1. The Morgan fingerprint density at radius 3 is 1.98 bits per heavy atom. The number of carbonyl (C=O) groups excluding carboxylic acids is 4. The highest BCUT2D eigenvalue weighted by molar-refractivity contribution is 7.21. The van der Waals surface area contributed by atoms with Crippen molar-refractivity contribution in [1.82, 2.24) is 10.6 Å². The Labute approximate surface area is 266 Å². The fraction of sp³-hybridized carbons (Fsp3) is 0.206. The van der Waals surface area contributed by atoms with Gasteiger partial charge in [0.05, 0.1) is 16.2 Å². The lowest BCUT2D eigenvalue weighted by atomic mass is 9.92. The zero-order valence-electron chi connectivity index (χ0n) is 24.0. The largest absolute Gasteiger partial charge is 0.508 e. The van der Waals surface area contributed by atoms with Gasteiger partial charge in [-0.3, -0.25) is 24.0 Å². The molecule has 5 aromatic rings. The molecule has 2 atom stereocenters. The number of Topliss-reactive ketones (excluding diaryl/α,β-unsaturated/α-hetero) is 2. The summed E-state index contributed by atoms with van der Waals surface area (Å²) >= 11 is 2.61. The third-order valence-electron chi connectivity index (χ3n) is 7.33. The predicted octanol–water partition coefficient (Wildman–Crippen LogP) is 5.60. The fourth-order valence-corrected chi connectivity index (χ4v) is 6.91. The van der Waals surface area contributed by atoms with Crippen molar-refractivity contribution in [2.75, 3.05) is 6.54 Å². The van der Waals surface area contributed by atoms with Gasteiger partial charge < -0.3 is 20.8 Å². The van der Waals surface area contributed by atoms with Crippen molar-refractivity contribution in [3.63, 3.8) is 0 Å². The number of thiophene rings is 2. The molecule has 3 aromatic carbocycles. The molecule has 0 saturated carbocycles. The van der Waals surface area contributed by atoms with Gasteiger partial charge in [-0.1, -0.05) is 48.5 Å². The minimum Gasteiger partial charge on any atom is -0.508 e. The first-order valence-electron chi connectivity index (χ1n) is 14.3. The second-order valence-electron chi connectivity index (χ2n) is 10.6. The number of aromatic hydroxyl groups is 1. The van der Waals surface area contributed by atoms with Crippen LogP contribution in [0.1, 0.15) is 44.2 Å². The number of hydrogen-bond donors (Lipinski definition) is 4. The normalized spacial score (nSPS) is 12.4. The van der Waals surface area contributed by atoms with E-state index in [1.165, 1.54) is 34.8 Å². The number of hydrogen-bond acceptors (Lipinski definition) is 8. The smallest absolute Gasteiger partial charge is 0.303 e. The summed E-state index contributed by atoms with van der Waals surface area (Å²) in [5.74, 6) is -3.66. The van der Waals surface area contributed by atoms with Gasteiger partial charge in [0.1, 0.15) is 11.8 Å². The van der Waals surface area contributed by atoms with Crippen LogP contribution in [0.2, 0.25) is 0 Å². The van der Waals surface area contributed by atoms with Crippen molar-refractivity contribution in [1.29, 1.82) is 0 Å². The molecule has 2 amide bonds. The van der Waals surface area contributed by atoms with E-state index >= 15 is 0 Å². The van der Waals surface area contributed by atoms with Crippen LogP contribution in [0.15, 0.2) is 84.9 Å². The molecular weight excluding hydrogens is 613 g/mol. The summed E-state index contributed by atoms with van der Waals surface area (Å²) in [4.78, 5) is 65.2. The van der Waals surface area contributed by atoms with Crippen LogP contribution in [0.25, 0.3) is 20.2 Å². The van der Waals surface area contributed by atoms with E-state index in [9.17, 15) is 29.1 Å². The first kappa shape index (κ1) is 31.6. The van der Waals surface area contributed by atoms with E-state index in [4.69, 9.17) is 5.11 Å². The summed E-state index contributed by atoms with van der Waals surface area (Å²) in [6.45, 7) is -0.281. The third kappa shape index (κ3) is 8.20. The van der Waals surface area contributed by atoms with Crippen LogP contribution in [0.5, 0.6) is 5.75 Å². The average molecular weight is 643 g/mol. The number of aliphatic carboxylic acids is 1. The lowest BCUT2D eigenvalue weighted by Gasteiger charge is -2.21. The molecular formula is C34H30N2O7S2. The second-order valence-corrected chi connectivity index (χ2v) is 12.8. The maximum Gasteiger partial charge on any atom is 0.303 e. The molecule has 0 bridgehead atoms. The number of benzene rings is 3. The number of nitrogens with one attached hydrogen (secondary N) is 2. The monoisotopic (exact) mass is 642 g/mol. The molecule has 5 rings (SSSR count). The van der Waals surface area contributed by atoms with Crippen molar-refractivity contribution in [3.05, 3.63) is 100 Å². The van der Waals surface area contributed by atoms with E-state index in [2.05, 4.69) is 10.6 Å². The quantitative estimate of drug-likeness (QED) is 0.115. The Kier molecular flexibility index (Phi) is 10.0. The van der Waals surface area contributed by atoms with Crippen LogP contribution in [-0.2, 0) is 20.8 Å². The first-order chi connectivity index (χ1) is 21.7. The molecule has 0 aliphatic carbocycles. The number of carboxylic acids is 1. The molecule has 2 aromatic heterocycles. The van der Waals surface area contributed by atoms with E-state index in [1.807, 2.05) is 48.5 Å². The first-order valence-corrected chi connectivity index (χ1v) is 15.9. The van der Waals surface area contributed by atoms with Gasteiger partial charge in [0, 0.05) is 34.7 Å². The standard InChI is InChI=1S/C34H30N2O7S2/c37-24-11-9-20(10-12-24)15-23(16-27(39)30-17-21-5-1-3-7-28(21)44-30)33(42)35-19-25(26(38)13-14-32(40)41)36-34(43)31-18-22-6-2-4-8-29(22)45-31/h1-12,17-18,23,25,37H,13-16,19H2,(H,35,42)(H,36,43)(H,40,41)/t23-,25?/m0/s1. The highest BCUT2D eigenvalue weighted by Crippen LogP contribution is 2.28. The maximum atomic E-state index is 13.6. The number of carboxylic acid groups (broad SMARTS) is 1. The van der Waals surface area contributed by atoms with E-state index in [0.29, 0.717) is 9.75 Å². The van der Waals surface area contributed by atoms with Gasteiger partial charge in [-0.25, -0.2) is 0 Å². The summed E-state index contributed by atoms with van der Waals surface area (Å²) in [5.41, 5.74) is 0.726. The summed E-state index contributed by atoms with van der Waals surface area (Å²) in [7, 11) is 0. The Morgan fingerprint density at radius 2 is 1.36 bits per heavy atom. The van der Waals surface area contributed by atoms with E-state index in [-0.39, 0.29) is 37.3 Å². The maximum absolute atomic E-state index is 13.6. The summed E-state index contributed by atoms with van der Waals surface area (Å²) in [6, 6.07) is 23.7. The van der Waals surface area contributed by atoms with Gasteiger partial charge in [0.15, 0.2) is 11.6 Å². The van der Waals surface area contributed by atoms with Crippen LogP contribution in [0.3, 0.4) is 0 Å². The Hall–Kier alpha value is -4.87. The molecule has 9 nitrogen and oxygen atoms in total. The molecule has 0 spiro atoms. The molecule has 0 fully saturated rings. The second kappa shape index (κ2) is 14.3. The van der Waals surface area contributed by atoms with Gasteiger partial charge in [0.2, 0.25) is 5.91 Å². The molecule has 0 radical (unpaired) electrons. The number of rotatable bonds is 14. The number of carbonyl (C=O) groups is 5. The third-order valence-corrected chi connectivity index (χ3v) is 9.60. The molecule has 230 valence electrons. The van der Waals surface area contributed by atoms with Crippen LogP contribution >= 0.6 is 22.7 Å². The highest BCUT2D eigenvalue weighted by Gasteiger charge is 2.28. The molecule has 0 aliphatic heterocycles. The van der Waals surface area contributed by atoms with Gasteiger partial charge in [-0.15, -0.1) is 22.7 Å². The molecule has 11 heteroatoms. The molecule has 2 heterocycles. The van der Waals surface area contributed by atoms with Gasteiger partial charge in [0.25, 0.3) is 5.91 Å². The van der Waals surface area contributed by atoms with Crippen molar-refractivity contribution in [2.45, 2.75) is 31.7 Å². The summed E-state index contributed by atoms with van der Waals surface area (Å²) in [6.07, 6.45) is -0.668. The summed E-state index contributed by atoms with van der Waals surface area (Å²) < 4.78 is 1.85. The lowest BCUT2D eigenvalue weighted by Crippen LogP contribution is -2.49. The van der Waals surface area contributed by atoms with Gasteiger partial charge in [-0.2, -0.15) is 0 Å². The van der Waals surface area contributed by atoms with Crippen LogP contribution in [0, 0.1) is 5.92 Å². The minimum atomic E-state index is -1.18. The lowest BCUT2D eigenvalue weighted by molar-refractivity contribution is -0.138. The average Bonchev–Trinajstić information content (AvgIpc) is 3.67. The van der Waals surface area contributed by atoms with Crippen molar-refractivity contribution in [2.24, 2.45) is 5.92 Å². The molecule has 4 N–H and O–H groups in total. The number of fused-ring (bicyclic) bond motifs is 2. The zero-order valence-corrected chi connectivity index (χ0v) is 25.7. The van der Waals surface area contributed by atoms with Crippen molar-refractivity contribution >= 4 is 72.2 Å². The van der Waals surface area contributed by atoms with Crippen molar-refractivity contribution < 1.29 is 34.2 Å². The SMILES string of the molecule is O=C(O)CCC(=O)C(CNC(=O)[C@H](CC(=O)c1cc2ccccc2s1)Cc1ccc(O)cc1)NC(=O)c1cc2ccccc2s1. The topological polar surface area (TPSA) is 150 Å². The van der Waals surface area contributed by atoms with E-state index < -0.39 is 41.9 Å². The summed E-state index contributed by atoms with van der Waals surface area (Å²) in [5, 5.41) is 26.0. The van der Waals surface area contributed by atoms with Gasteiger partial charge >= 0.3 is 5.97 Å². The Bertz CT molecular complexity index is 1810. The number of phenolic OH excluding ortho intramolecular Hbond substituents is 1. The van der Waals surface area contributed by atoms with E-state index in [0.717, 1.165) is 25.7 Å². The van der Waals surface area contributed by atoms with Crippen LogP contribution in [0.4, 0.5) is 0 Å². The molecule has 1 unspecified atom stereocenters. The number of amides is 2. The predicted molar refractivity (Wildman–Crippen MR) is 174 cm³/mol. The van der Waals surface area contributed by atoms with Crippen molar-refractivity contribution in [3.8, 4) is 5.75 Å². The van der Waals surface area contributed by atoms with Gasteiger partial charge in [-0.05, 0) is 59.2 Å². The Balaban J connectivity index is 1.32. The highest BCUT2D eigenvalue weighted by atomic mass is 32.1. The molecule has 45 heavy (non-hydrogen) atoms. The molecule has 0 saturated heterocycles. The zero-order chi connectivity index (χ0) is 31.9. The Morgan fingerprint density at radius 1 is 0.756 bits per heavy atom. The fourth-order valence-electron chi connectivity index (χ4n) is 4.94. The number of ketones is 2. The minimum absolute atomic E-state index is 0.0678. The van der Waals surface area contributed by atoms with E-state index in [1.54, 1.807) is 24.3 Å². The van der Waals surface area contributed by atoms with Crippen LogP contribution < -0.4 is 10.6 Å². The molecule has 0 aliphatic rings.